The van der Waals surface area contributed by atoms with Gasteiger partial charge in [-0.1, -0.05) is 0 Å². The molecule has 35 heavy (non-hydrogen) atoms. The van der Waals surface area contributed by atoms with Crippen molar-refractivity contribution in [1.82, 2.24) is 4.90 Å². The number of aliphatic hydroxyl groups excluding tert-OH is 2. The second kappa shape index (κ2) is 11.7. The monoisotopic (exact) mass is 485 g/mol. The number of aliphatic hydroxyl groups is 2. The molecule has 0 aliphatic heterocycles. The molecule has 8 heteroatoms. The quantitative estimate of drug-likeness (QED) is 0.392. The molecular weight excluding hydrogens is 450 g/mol. The van der Waals surface area contributed by atoms with Gasteiger partial charge in [-0.15, -0.1) is 0 Å². The lowest BCUT2D eigenvalue weighted by Crippen LogP contribution is -2.32. The summed E-state index contributed by atoms with van der Waals surface area (Å²) in [5, 5.41) is 30.0. The maximum atomic E-state index is 13.1. The van der Waals surface area contributed by atoms with Crippen LogP contribution in [0.2, 0.25) is 0 Å². The third kappa shape index (κ3) is 6.45. The Morgan fingerprint density at radius 1 is 1.14 bits per heavy atom. The summed E-state index contributed by atoms with van der Waals surface area (Å²) in [4.78, 5) is 39.1. The Morgan fingerprint density at radius 3 is 2.51 bits per heavy atom. The predicted molar refractivity (Wildman–Crippen MR) is 130 cm³/mol. The lowest BCUT2D eigenvalue weighted by molar-refractivity contribution is -0.131. The molecule has 3 rings (SSSR count). The highest BCUT2D eigenvalue weighted by Gasteiger charge is 2.35. The zero-order chi connectivity index (χ0) is 25.7. The van der Waals surface area contributed by atoms with Gasteiger partial charge >= 0.3 is 0 Å². The van der Waals surface area contributed by atoms with Crippen LogP contribution in [0.25, 0.3) is 11.3 Å². The van der Waals surface area contributed by atoms with E-state index in [1.54, 1.807) is 6.07 Å². The molecule has 0 fully saturated rings. The van der Waals surface area contributed by atoms with Crippen molar-refractivity contribution in [3.63, 3.8) is 0 Å². The Bertz CT molecular complexity index is 1070. The maximum Gasteiger partial charge on any atom is 0.167 e. The number of carbonyl (C=O) groups is 3. The average Bonchev–Trinajstić information content (AvgIpc) is 3.21. The predicted octanol–water partition coefficient (Wildman–Crippen LogP) is 3.00. The van der Waals surface area contributed by atoms with Gasteiger partial charge in [0.15, 0.2) is 5.78 Å². The van der Waals surface area contributed by atoms with Gasteiger partial charge in [-0.3, -0.25) is 14.4 Å². The van der Waals surface area contributed by atoms with Crippen molar-refractivity contribution in [2.75, 3.05) is 27.3 Å². The van der Waals surface area contributed by atoms with Gasteiger partial charge in [-0.05, 0) is 81.9 Å². The summed E-state index contributed by atoms with van der Waals surface area (Å²) in [5.74, 6) is -0.766. The van der Waals surface area contributed by atoms with E-state index in [0.29, 0.717) is 36.3 Å². The molecule has 0 amide bonds. The number of hydrogen-bond donors (Lipinski definition) is 3. The molecule has 0 radical (unpaired) electrons. The number of furan rings is 1. The first-order chi connectivity index (χ1) is 16.6. The molecule has 1 aliphatic rings. The zero-order valence-electron chi connectivity index (χ0n) is 20.6. The number of rotatable bonds is 12. The number of nitrogens with zero attached hydrogens (tertiary/aromatic N) is 1. The van der Waals surface area contributed by atoms with Gasteiger partial charge in [0.2, 0.25) is 0 Å². The van der Waals surface area contributed by atoms with Gasteiger partial charge in [-0.25, -0.2) is 0 Å². The molecule has 1 heterocycles. The van der Waals surface area contributed by atoms with Gasteiger partial charge in [0.25, 0.3) is 0 Å². The fourth-order valence-corrected chi connectivity index (χ4v) is 5.17. The third-order valence-corrected chi connectivity index (χ3v) is 6.67. The molecule has 0 spiro atoms. The van der Waals surface area contributed by atoms with Crippen molar-refractivity contribution in [2.45, 2.75) is 45.6 Å². The summed E-state index contributed by atoms with van der Waals surface area (Å²) in [6.07, 6.45) is 1.13. The summed E-state index contributed by atoms with van der Waals surface area (Å²) in [6, 6.07) is 7.01. The molecule has 3 N–H and O–H groups in total. The molecule has 0 saturated carbocycles. The van der Waals surface area contributed by atoms with Crippen LogP contribution >= 0.6 is 0 Å². The number of fused-ring (bicyclic) bond motifs is 1. The Labute approximate surface area is 205 Å². The molecular formula is C27H35NO7. The van der Waals surface area contributed by atoms with Crippen LogP contribution < -0.4 is 0 Å². The number of carbonyl (C=O) groups excluding carboxylic acids is 3. The summed E-state index contributed by atoms with van der Waals surface area (Å²) in [5.41, 5.74) is 1.75. The molecule has 1 aromatic heterocycles. The minimum absolute atomic E-state index is 0.0657. The highest BCUT2D eigenvalue weighted by molar-refractivity contribution is 6.03. The smallest absolute Gasteiger partial charge is 0.167 e. The summed E-state index contributed by atoms with van der Waals surface area (Å²) < 4.78 is 6.02. The van der Waals surface area contributed by atoms with Crippen molar-refractivity contribution in [3.8, 4) is 17.1 Å². The van der Waals surface area contributed by atoms with E-state index in [-0.39, 0.29) is 60.8 Å². The highest BCUT2D eigenvalue weighted by atomic mass is 16.3. The third-order valence-electron chi connectivity index (χ3n) is 6.67. The van der Waals surface area contributed by atoms with Gasteiger partial charge in [0.05, 0.1) is 25.1 Å². The number of phenols is 1. The van der Waals surface area contributed by atoms with Gasteiger partial charge in [0, 0.05) is 24.5 Å². The van der Waals surface area contributed by atoms with Crippen LogP contribution in [-0.2, 0) is 22.6 Å². The van der Waals surface area contributed by atoms with Crippen LogP contribution in [0.5, 0.6) is 5.75 Å². The normalized spacial score (nSPS) is 17.3. The van der Waals surface area contributed by atoms with Crippen LogP contribution in [-0.4, -0.2) is 64.9 Å². The molecule has 1 aromatic carbocycles. The minimum atomic E-state index is -0.773. The van der Waals surface area contributed by atoms with E-state index in [9.17, 15) is 29.7 Å². The fraction of sp³-hybridized carbons (Fsp3) is 0.519. The lowest BCUT2D eigenvalue weighted by Gasteiger charge is -2.31. The first-order valence-electron chi connectivity index (χ1n) is 12.0. The Kier molecular flexibility index (Phi) is 8.99. The summed E-state index contributed by atoms with van der Waals surface area (Å²) in [6.45, 7) is 1.37. The van der Waals surface area contributed by atoms with E-state index in [1.165, 1.54) is 13.0 Å². The molecule has 190 valence electrons. The zero-order valence-corrected chi connectivity index (χ0v) is 20.6. The van der Waals surface area contributed by atoms with Gasteiger partial charge in [0.1, 0.15) is 28.8 Å². The highest BCUT2D eigenvalue weighted by Crippen LogP contribution is 2.41. The molecule has 8 nitrogen and oxygen atoms in total. The summed E-state index contributed by atoms with van der Waals surface area (Å²) in [7, 11) is 3.88. The number of hydrogen-bond acceptors (Lipinski definition) is 8. The second-order valence-corrected chi connectivity index (χ2v) is 9.83. The molecule has 3 unspecified atom stereocenters. The van der Waals surface area contributed by atoms with Crippen LogP contribution in [0.1, 0.15) is 54.3 Å². The second-order valence-electron chi connectivity index (χ2n) is 9.83. The van der Waals surface area contributed by atoms with E-state index in [4.69, 9.17) is 4.42 Å². The first kappa shape index (κ1) is 26.8. The first-order valence-corrected chi connectivity index (χ1v) is 12.0. The number of aromatic hydroxyl groups is 1. The molecule has 1 aliphatic carbocycles. The largest absolute Gasteiger partial charge is 0.507 e. The van der Waals surface area contributed by atoms with Crippen molar-refractivity contribution < 1.29 is 34.1 Å². The number of ketones is 3. The van der Waals surface area contributed by atoms with Crippen LogP contribution in [0.15, 0.2) is 28.7 Å². The van der Waals surface area contributed by atoms with E-state index < -0.39 is 12.5 Å². The fourth-order valence-electron chi connectivity index (χ4n) is 5.17. The van der Waals surface area contributed by atoms with Crippen molar-refractivity contribution in [1.29, 1.82) is 0 Å². The Morgan fingerprint density at radius 2 is 1.89 bits per heavy atom. The van der Waals surface area contributed by atoms with Crippen molar-refractivity contribution in [3.05, 3.63) is 41.2 Å². The molecule has 2 aromatic rings. The van der Waals surface area contributed by atoms with Crippen LogP contribution in [0.4, 0.5) is 0 Å². The van der Waals surface area contributed by atoms with E-state index in [2.05, 4.69) is 0 Å². The molecule has 0 bridgehead atoms. The maximum absolute atomic E-state index is 13.1. The molecule has 3 atom stereocenters. The average molecular weight is 486 g/mol. The Hall–Kier alpha value is -2.81. The van der Waals surface area contributed by atoms with Gasteiger partial charge in [-0.2, -0.15) is 0 Å². The standard InChI is InChI=1S/C27H35NO7/c1-16(31)10-24(33)22(15-30)18(8-9-29)11-17-12-21-20(5-6-23(32)27(21)25(34)13-17)26-7-4-19(35-26)14-28(2)3/h4-7,17-18,22,29-30,32H,8-15H2,1-3H3. The minimum Gasteiger partial charge on any atom is -0.507 e. The van der Waals surface area contributed by atoms with E-state index in [1.807, 2.05) is 31.1 Å². The Balaban J connectivity index is 1.90. The van der Waals surface area contributed by atoms with Crippen molar-refractivity contribution in [2.24, 2.45) is 17.8 Å². The molecule has 0 saturated heterocycles. The SMILES string of the molecule is CC(=O)CC(=O)C(CO)C(CCO)CC1CC(=O)c2c(O)ccc(-c3ccc(CN(C)C)o3)c2C1. The van der Waals surface area contributed by atoms with Gasteiger partial charge < -0.3 is 24.6 Å². The van der Waals surface area contributed by atoms with Crippen LogP contribution in [0, 0.1) is 17.8 Å². The number of Topliss-reactive ketones (excluding diaryl/α,β-unsaturated/α-hetero) is 3. The lowest BCUT2D eigenvalue weighted by atomic mass is 9.72. The van der Waals surface area contributed by atoms with E-state index >= 15 is 0 Å². The topological polar surface area (TPSA) is 128 Å². The summed E-state index contributed by atoms with van der Waals surface area (Å²) >= 11 is 0. The van der Waals surface area contributed by atoms with E-state index in [0.717, 1.165) is 11.3 Å². The van der Waals surface area contributed by atoms with Crippen LogP contribution in [0.3, 0.4) is 0 Å². The number of benzene rings is 1. The van der Waals surface area contributed by atoms with Crippen molar-refractivity contribution >= 4 is 17.3 Å². The number of phenolic OH excluding ortho intramolecular Hbond substituents is 1.